The average Bonchev–Trinajstić information content (AvgIpc) is 2.64. The van der Waals surface area contributed by atoms with Crippen molar-refractivity contribution >= 4 is 55.6 Å². The lowest BCUT2D eigenvalue weighted by Crippen LogP contribution is -2.41. The molecule has 0 spiro atoms. The molecule has 0 unspecified atom stereocenters. The van der Waals surface area contributed by atoms with Crippen molar-refractivity contribution in [3.63, 3.8) is 0 Å². The molecule has 0 heterocycles. The highest BCUT2D eigenvalue weighted by Gasteiger charge is 2.22. The van der Waals surface area contributed by atoms with Crippen LogP contribution in [0.1, 0.15) is 6.92 Å². The summed E-state index contributed by atoms with van der Waals surface area (Å²) in [5, 5.41) is 4.99. The lowest BCUT2D eigenvalue weighted by Gasteiger charge is -2.15. The number of halogens is 2. The van der Waals surface area contributed by atoms with Gasteiger partial charge in [0.05, 0.1) is 21.0 Å². The molecule has 2 N–H and O–H groups in total. The second kappa shape index (κ2) is 7.86. The van der Waals surface area contributed by atoms with Crippen molar-refractivity contribution in [1.82, 2.24) is 4.72 Å². The monoisotopic (exact) mass is 422 g/mol. The van der Waals surface area contributed by atoms with Crippen LogP contribution in [0.25, 0.3) is 10.8 Å². The van der Waals surface area contributed by atoms with Crippen LogP contribution in [0.15, 0.2) is 65.6 Å². The molecule has 140 valence electrons. The minimum Gasteiger partial charge on any atom is -0.325 e. The van der Waals surface area contributed by atoms with E-state index in [1.165, 1.54) is 19.1 Å². The zero-order valence-corrected chi connectivity index (χ0v) is 16.6. The van der Waals surface area contributed by atoms with Crippen molar-refractivity contribution in [3.8, 4) is 0 Å². The van der Waals surface area contributed by atoms with Gasteiger partial charge in [-0.05, 0) is 48.0 Å². The predicted octanol–water partition coefficient (Wildman–Crippen LogP) is 4.45. The largest absolute Gasteiger partial charge is 0.325 e. The fraction of sp³-hybridized carbons (Fsp3) is 0.105. The van der Waals surface area contributed by atoms with Crippen LogP contribution in [0.2, 0.25) is 10.0 Å². The van der Waals surface area contributed by atoms with E-state index in [0.717, 1.165) is 10.8 Å². The van der Waals surface area contributed by atoms with Gasteiger partial charge >= 0.3 is 0 Å². The molecule has 0 aliphatic heterocycles. The first-order valence-corrected chi connectivity index (χ1v) is 10.3. The van der Waals surface area contributed by atoms with Gasteiger partial charge in [0.2, 0.25) is 15.9 Å². The fourth-order valence-corrected chi connectivity index (χ4v) is 4.05. The smallest absolute Gasteiger partial charge is 0.242 e. The number of hydrogen-bond donors (Lipinski definition) is 2. The summed E-state index contributed by atoms with van der Waals surface area (Å²) in [4.78, 5) is 12.4. The summed E-state index contributed by atoms with van der Waals surface area (Å²) in [5.74, 6) is -0.516. The van der Waals surface area contributed by atoms with Gasteiger partial charge in [0.1, 0.15) is 0 Å². The van der Waals surface area contributed by atoms with Gasteiger partial charge in [-0.25, -0.2) is 8.42 Å². The SMILES string of the molecule is C[C@@H](NS(=O)(=O)c1ccc2ccccc2c1)C(=O)Nc1ccc(Cl)c(Cl)c1. The molecule has 3 aromatic carbocycles. The molecule has 1 atom stereocenters. The summed E-state index contributed by atoms with van der Waals surface area (Å²) in [6.07, 6.45) is 0. The molecule has 0 aliphatic carbocycles. The van der Waals surface area contributed by atoms with E-state index in [9.17, 15) is 13.2 Å². The van der Waals surface area contributed by atoms with Crippen LogP contribution >= 0.6 is 23.2 Å². The van der Waals surface area contributed by atoms with Crippen LogP contribution in [0.3, 0.4) is 0 Å². The minimum atomic E-state index is -3.86. The quantitative estimate of drug-likeness (QED) is 0.637. The minimum absolute atomic E-state index is 0.0930. The summed E-state index contributed by atoms with van der Waals surface area (Å²) in [7, 11) is -3.86. The van der Waals surface area contributed by atoms with E-state index < -0.39 is 22.0 Å². The van der Waals surface area contributed by atoms with Gasteiger partial charge in [0.25, 0.3) is 0 Å². The highest BCUT2D eigenvalue weighted by molar-refractivity contribution is 7.89. The Balaban J connectivity index is 1.75. The molecule has 1 amide bonds. The maximum Gasteiger partial charge on any atom is 0.242 e. The van der Waals surface area contributed by atoms with E-state index >= 15 is 0 Å². The van der Waals surface area contributed by atoms with Gasteiger partial charge in [-0.2, -0.15) is 4.72 Å². The number of anilines is 1. The van der Waals surface area contributed by atoms with Crippen LogP contribution in [0.4, 0.5) is 5.69 Å². The molecule has 0 bridgehead atoms. The summed E-state index contributed by atoms with van der Waals surface area (Å²) < 4.78 is 27.6. The summed E-state index contributed by atoms with van der Waals surface area (Å²) in [5.41, 5.74) is 0.422. The first kappa shape index (κ1) is 19.6. The first-order valence-electron chi connectivity index (χ1n) is 8.03. The van der Waals surface area contributed by atoms with Gasteiger partial charge in [0.15, 0.2) is 0 Å². The fourth-order valence-electron chi connectivity index (χ4n) is 2.51. The normalized spacial score (nSPS) is 12.7. The summed E-state index contributed by atoms with van der Waals surface area (Å²) in [6.45, 7) is 1.46. The third-order valence-corrected chi connectivity index (χ3v) is 6.22. The van der Waals surface area contributed by atoms with Crippen molar-refractivity contribution in [1.29, 1.82) is 0 Å². The number of hydrogen-bond acceptors (Lipinski definition) is 3. The molecule has 5 nitrogen and oxygen atoms in total. The molecule has 0 fully saturated rings. The molecule has 0 saturated heterocycles. The maximum absolute atomic E-state index is 12.6. The summed E-state index contributed by atoms with van der Waals surface area (Å²) in [6, 6.07) is 15.9. The Kier molecular flexibility index (Phi) is 5.72. The van der Waals surface area contributed by atoms with E-state index in [2.05, 4.69) is 10.0 Å². The number of fused-ring (bicyclic) bond motifs is 1. The Labute approximate surface area is 167 Å². The lowest BCUT2D eigenvalue weighted by molar-refractivity contribution is -0.117. The molecular formula is C19H16Cl2N2O3S. The molecule has 3 rings (SSSR count). The van der Waals surface area contributed by atoms with E-state index in [-0.39, 0.29) is 4.90 Å². The number of carbonyl (C=O) groups is 1. The number of amides is 1. The second-order valence-corrected chi connectivity index (χ2v) is 8.50. The standard InChI is InChI=1S/C19H16Cl2N2O3S/c1-12(19(24)22-15-7-9-17(20)18(21)11-15)23-27(25,26)16-8-6-13-4-2-3-5-14(13)10-16/h2-12,23H,1H3,(H,22,24)/t12-/m1/s1. The molecule has 27 heavy (non-hydrogen) atoms. The Morgan fingerprint density at radius 3 is 2.33 bits per heavy atom. The number of rotatable bonds is 5. The number of sulfonamides is 1. The molecule has 0 aromatic heterocycles. The Morgan fingerprint density at radius 1 is 0.926 bits per heavy atom. The topological polar surface area (TPSA) is 75.3 Å². The highest BCUT2D eigenvalue weighted by Crippen LogP contribution is 2.25. The number of benzene rings is 3. The molecule has 3 aromatic rings. The molecule has 0 saturated carbocycles. The van der Waals surface area contributed by atoms with Gasteiger partial charge in [-0.15, -0.1) is 0 Å². The first-order chi connectivity index (χ1) is 12.8. The molecular weight excluding hydrogens is 407 g/mol. The molecule has 0 aliphatic rings. The lowest BCUT2D eigenvalue weighted by atomic mass is 10.1. The second-order valence-electron chi connectivity index (χ2n) is 5.97. The van der Waals surface area contributed by atoms with Gasteiger partial charge in [0, 0.05) is 5.69 Å². The predicted molar refractivity (Wildman–Crippen MR) is 109 cm³/mol. The Bertz CT molecular complexity index is 1120. The van der Waals surface area contributed by atoms with Crippen LogP contribution in [-0.4, -0.2) is 20.4 Å². The molecule has 8 heteroatoms. The zero-order valence-electron chi connectivity index (χ0n) is 14.2. The van der Waals surface area contributed by atoms with Crippen molar-refractivity contribution < 1.29 is 13.2 Å². The van der Waals surface area contributed by atoms with Crippen molar-refractivity contribution in [3.05, 3.63) is 70.7 Å². The zero-order chi connectivity index (χ0) is 19.6. The van der Waals surface area contributed by atoms with Gasteiger partial charge in [-0.1, -0.05) is 53.5 Å². The number of nitrogens with one attached hydrogen (secondary N) is 2. The van der Waals surface area contributed by atoms with Crippen LogP contribution in [0.5, 0.6) is 0 Å². The summed E-state index contributed by atoms with van der Waals surface area (Å²) >= 11 is 11.8. The number of carbonyl (C=O) groups excluding carboxylic acids is 1. The van der Waals surface area contributed by atoms with E-state index in [1.54, 1.807) is 24.3 Å². The van der Waals surface area contributed by atoms with E-state index in [4.69, 9.17) is 23.2 Å². The van der Waals surface area contributed by atoms with Gasteiger partial charge < -0.3 is 5.32 Å². The van der Waals surface area contributed by atoms with Crippen molar-refractivity contribution in [2.75, 3.05) is 5.32 Å². The Hall–Kier alpha value is -2.12. The third kappa shape index (κ3) is 4.59. The van der Waals surface area contributed by atoms with Crippen LogP contribution in [-0.2, 0) is 14.8 Å². The van der Waals surface area contributed by atoms with Crippen molar-refractivity contribution in [2.45, 2.75) is 17.9 Å². The Morgan fingerprint density at radius 2 is 1.63 bits per heavy atom. The van der Waals surface area contributed by atoms with Crippen LogP contribution in [0, 0.1) is 0 Å². The van der Waals surface area contributed by atoms with Gasteiger partial charge in [-0.3, -0.25) is 4.79 Å². The van der Waals surface area contributed by atoms with E-state index in [0.29, 0.717) is 15.7 Å². The average molecular weight is 423 g/mol. The van der Waals surface area contributed by atoms with E-state index in [1.807, 2.05) is 24.3 Å². The van der Waals surface area contributed by atoms with Crippen LogP contribution < -0.4 is 10.0 Å². The molecule has 0 radical (unpaired) electrons. The maximum atomic E-state index is 12.6. The third-order valence-electron chi connectivity index (χ3n) is 3.94. The van der Waals surface area contributed by atoms with Crippen molar-refractivity contribution in [2.24, 2.45) is 0 Å². The highest BCUT2D eigenvalue weighted by atomic mass is 35.5.